The van der Waals surface area contributed by atoms with Gasteiger partial charge < -0.3 is 20.0 Å². The Morgan fingerprint density at radius 3 is 2.25 bits per heavy atom. The summed E-state index contributed by atoms with van der Waals surface area (Å²) in [4.78, 5) is 22.6. The van der Waals surface area contributed by atoms with Gasteiger partial charge in [-0.1, -0.05) is 30.3 Å². The molecule has 0 aliphatic carbocycles. The van der Waals surface area contributed by atoms with E-state index in [2.05, 4.69) is 5.32 Å². The Morgan fingerprint density at radius 1 is 1.25 bits per heavy atom. The fourth-order valence-electron chi connectivity index (χ4n) is 1.49. The Labute approximate surface area is 177 Å². The summed E-state index contributed by atoms with van der Waals surface area (Å²) in [5.74, 6) is -1.34. The molecule has 0 spiro atoms. The van der Waals surface area contributed by atoms with E-state index in [1.54, 1.807) is 45.0 Å². The van der Waals surface area contributed by atoms with E-state index in [1.807, 2.05) is 6.07 Å². The smallest absolute Gasteiger partial charge is 0.548 e. The number of carboxylic acid groups (broad SMARTS) is 1. The third-order valence-electron chi connectivity index (χ3n) is 2.26. The molecule has 20 heavy (non-hydrogen) atoms. The van der Waals surface area contributed by atoms with Crippen LogP contribution < -0.4 is 79.3 Å². The van der Waals surface area contributed by atoms with Crippen molar-refractivity contribution in [2.24, 2.45) is 0 Å². The second kappa shape index (κ2) is 9.12. The van der Waals surface area contributed by atoms with Gasteiger partial charge in [-0.2, -0.15) is 0 Å². The van der Waals surface area contributed by atoms with E-state index in [0.717, 1.165) is 5.56 Å². The van der Waals surface area contributed by atoms with Crippen molar-refractivity contribution >= 4 is 12.1 Å². The van der Waals surface area contributed by atoms with Crippen LogP contribution in [0.4, 0.5) is 4.79 Å². The molecule has 0 bridgehead atoms. The van der Waals surface area contributed by atoms with E-state index < -0.39 is 23.7 Å². The Morgan fingerprint density at radius 2 is 1.80 bits per heavy atom. The number of nitrogens with one attached hydrogen (secondary N) is 1. The molecule has 1 atom stereocenters. The summed E-state index contributed by atoms with van der Waals surface area (Å²) in [5.41, 5.74) is 0.126. The van der Waals surface area contributed by atoms with E-state index in [-0.39, 0.29) is 75.3 Å². The molecule has 0 heterocycles. The Kier molecular flexibility index (Phi) is 9.12. The molecule has 0 unspecified atom stereocenters. The molecule has 0 radical (unpaired) electrons. The predicted molar refractivity (Wildman–Crippen MR) is 68.3 cm³/mol. The topological polar surface area (TPSA) is 78.5 Å². The summed E-state index contributed by atoms with van der Waals surface area (Å²) < 4.78 is 5.01. The molecule has 0 aliphatic rings. The minimum Gasteiger partial charge on any atom is -0.548 e. The van der Waals surface area contributed by atoms with Crippen molar-refractivity contribution in [2.45, 2.75) is 38.8 Å². The van der Waals surface area contributed by atoms with Crippen LogP contribution in [0.5, 0.6) is 0 Å². The predicted octanol–water partition coefficient (Wildman–Crippen LogP) is -2.12. The van der Waals surface area contributed by atoms with Gasteiger partial charge in [0.15, 0.2) is 0 Å². The monoisotopic (exact) mass is 397 g/mol. The normalized spacial score (nSPS) is 11.9. The number of alkyl carbamates (subject to hydrolysis) is 1. The van der Waals surface area contributed by atoms with Gasteiger partial charge in [0.2, 0.25) is 0 Å². The first-order valence-corrected chi connectivity index (χ1v) is 6.02. The van der Waals surface area contributed by atoms with Crippen LogP contribution >= 0.6 is 0 Å². The average molecular weight is 397 g/mol. The van der Waals surface area contributed by atoms with Gasteiger partial charge in [0.05, 0.1) is 12.0 Å². The molecule has 1 amide bonds. The van der Waals surface area contributed by atoms with E-state index in [4.69, 9.17) is 4.74 Å². The third-order valence-corrected chi connectivity index (χ3v) is 2.26. The molecule has 0 saturated heterocycles. The van der Waals surface area contributed by atoms with E-state index in [1.165, 1.54) is 0 Å². The number of carboxylic acids is 1. The second-order valence-corrected chi connectivity index (χ2v) is 5.21. The molecule has 6 heteroatoms. The van der Waals surface area contributed by atoms with Gasteiger partial charge in [0.1, 0.15) is 5.60 Å². The summed E-state index contributed by atoms with van der Waals surface area (Å²) in [6, 6.07) is 7.89. The van der Waals surface area contributed by atoms with Crippen molar-refractivity contribution in [3.05, 3.63) is 35.9 Å². The molecule has 0 aliphatic heterocycles. The number of hydrogen-bond donors (Lipinski definition) is 1. The maximum absolute atomic E-state index is 11.5. The number of ether oxygens (including phenoxy) is 1. The number of benzene rings is 1. The average Bonchev–Trinajstić information content (AvgIpc) is 2.26. The zero-order chi connectivity index (χ0) is 14.5. The van der Waals surface area contributed by atoms with Crippen molar-refractivity contribution in [1.29, 1.82) is 0 Å². The van der Waals surface area contributed by atoms with Crippen molar-refractivity contribution in [3.63, 3.8) is 0 Å². The molecule has 0 fully saturated rings. The zero-order valence-corrected chi connectivity index (χ0v) is 18.6. The minimum atomic E-state index is -1.34. The van der Waals surface area contributed by atoms with E-state index in [9.17, 15) is 14.7 Å². The number of rotatable bonds is 4. The molecule has 1 rings (SSSR count). The van der Waals surface area contributed by atoms with Gasteiger partial charge in [-0.05, 0) is 32.8 Å². The van der Waals surface area contributed by atoms with Gasteiger partial charge in [0, 0.05) is 0 Å². The molecule has 5 nitrogen and oxygen atoms in total. The summed E-state index contributed by atoms with van der Waals surface area (Å²) >= 11 is 0. The largest absolute Gasteiger partial charge is 1.00 e. The van der Waals surface area contributed by atoms with Gasteiger partial charge >= 0.3 is 75.0 Å². The van der Waals surface area contributed by atoms with Crippen LogP contribution in [-0.2, 0) is 16.0 Å². The van der Waals surface area contributed by atoms with Crippen LogP contribution in [0.2, 0.25) is 0 Å². The number of carbonyl (C=O) groups excluding carboxylic acids is 2. The standard InChI is InChI=1S/C14H19NO4.Cs/c1-14(2,3)19-13(18)15-11(12(16)17)9-10-7-5-4-6-8-10;/h4-8,11H,9H2,1-3H3,(H,15,18)(H,16,17);/q;+1/p-1/t11-;/m0./s1. The van der Waals surface area contributed by atoms with Crippen molar-refractivity contribution < 1.29 is 88.3 Å². The quantitative estimate of drug-likeness (QED) is 0.630. The Hall–Kier alpha value is 0.0119. The SMILES string of the molecule is CC(C)(C)OC(=O)N[C@@H](Cc1ccccc1)C(=O)[O-].[Cs+]. The molecular formula is C14H18CsNO4. The van der Waals surface area contributed by atoms with Crippen molar-refractivity contribution in [1.82, 2.24) is 5.32 Å². The van der Waals surface area contributed by atoms with Gasteiger partial charge in [-0.3, -0.25) is 0 Å². The Balaban J connectivity index is 0.00000361. The molecule has 1 aromatic rings. The molecule has 1 N–H and O–H groups in total. The number of amides is 1. The molecule has 104 valence electrons. The van der Waals surface area contributed by atoms with Crippen molar-refractivity contribution in [2.75, 3.05) is 0 Å². The van der Waals surface area contributed by atoms with E-state index >= 15 is 0 Å². The maximum atomic E-state index is 11.5. The fourth-order valence-corrected chi connectivity index (χ4v) is 1.49. The zero-order valence-electron chi connectivity index (χ0n) is 12.3. The number of hydrogen-bond acceptors (Lipinski definition) is 4. The second-order valence-electron chi connectivity index (χ2n) is 5.21. The first kappa shape index (κ1) is 20.0. The summed E-state index contributed by atoms with van der Waals surface area (Å²) in [6.07, 6.45) is -0.611. The van der Waals surface area contributed by atoms with Crippen LogP contribution in [0.15, 0.2) is 30.3 Å². The van der Waals surface area contributed by atoms with Crippen LogP contribution in [0.1, 0.15) is 26.3 Å². The van der Waals surface area contributed by atoms with Gasteiger partial charge in [-0.25, -0.2) is 4.79 Å². The van der Waals surface area contributed by atoms with Crippen LogP contribution in [0, 0.1) is 0 Å². The molecular weight excluding hydrogens is 379 g/mol. The molecule has 0 aromatic heterocycles. The number of carbonyl (C=O) groups is 2. The van der Waals surface area contributed by atoms with Crippen LogP contribution in [0.3, 0.4) is 0 Å². The van der Waals surface area contributed by atoms with E-state index in [0.29, 0.717) is 0 Å². The molecule has 0 saturated carbocycles. The maximum Gasteiger partial charge on any atom is 1.00 e. The molecule has 1 aromatic carbocycles. The Bertz CT molecular complexity index is 442. The van der Waals surface area contributed by atoms with Gasteiger partial charge in [0.25, 0.3) is 0 Å². The first-order chi connectivity index (χ1) is 8.78. The summed E-state index contributed by atoms with van der Waals surface area (Å²) in [5, 5.41) is 13.3. The third kappa shape index (κ3) is 8.33. The minimum absolute atomic E-state index is 0. The summed E-state index contributed by atoms with van der Waals surface area (Å²) in [6.45, 7) is 5.12. The van der Waals surface area contributed by atoms with Gasteiger partial charge in [-0.15, -0.1) is 0 Å². The fraction of sp³-hybridized carbons (Fsp3) is 0.429. The number of aliphatic carboxylic acids is 1. The first-order valence-electron chi connectivity index (χ1n) is 6.02. The van der Waals surface area contributed by atoms with Crippen LogP contribution in [0.25, 0.3) is 0 Å². The summed E-state index contributed by atoms with van der Waals surface area (Å²) in [7, 11) is 0. The van der Waals surface area contributed by atoms with Crippen LogP contribution in [-0.4, -0.2) is 23.7 Å². The van der Waals surface area contributed by atoms with Crippen molar-refractivity contribution in [3.8, 4) is 0 Å².